The van der Waals surface area contributed by atoms with E-state index in [1.54, 1.807) is 5.38 Å². The van der Waals surface area contributed by atoms with E-state index in [2.05, 4.69) is 4.98 Å². The van der Waals surface area contributed by atoms with Crippen LogP contribution in [0.15, 0.2) is 5.38 Å². The number of ether oxygens (including phenoxy) is 1. The molecule has 0 radical (unpaired) electrons. The maximum absolute atomic E-state index is 11.5. The molecule has 1 atom stereocenters. The molecule has 2 rings (SSSR count). The van der Waals surface area contributed by atoms with Gasteiger partial charge in [0.2, 0.25) is 0 Å². The Bertz CT molecular complexity index is 331. The van der Waals surface area contributed by atoms with Crippen molar-refractivity contribution in [3.05, 3.63) is 16.1 Å². The fourth-order valence-electron chi connectivity index (χ4n) is 1.27. The highest BCUT2D eigenvalue weighted by atomic mass is 32.2. The zero-order valence-corrected chi connectivity index (χ0v) is 9.49. The fraction of sp³-hybridized carbons (Fsp3) is 0.556. The van der Waals surface area contributed by atoms with E-state index < -0.39 is 0 Å². The average molecular weight is 229 g/mol. The highest BCUT2D eigenvalue weighted by Gasteiger charge is 2.21. The summed E-state index contributed by atoms with van der Waals surface area (Å²) in [7, 11) is 0. The number of aromatic nitrogens is 1. The van der Waals surface area contributed by atoms with E-state index in [0.29, 0.717) is 5.69 Å². The molecule has 5 heteroatoms. The van der Waals surface area contributed by atoms with Crippen molar-refractivity contribution in [2.24, 2.45) is 0 Å². The van der Waals surface area contributed by atoms with Crippen LogP contribution in [0.3, 0.4) is 0 Å². The van der Waals surface area contributed by atoms with Crippen LogP contribution >= 0.6 is 23.1 Å². The summed E-state index contributed by atoms with van der Waals surface area (Å²) in [5, 5.41) is 2.65. The summed E-state index contributed by atoms with van der Waals surface area (Å²) < 4.78 is 5.30. The third-order valence-corrected chi connectivity index (χ3v) is 3.90. The van der Waals surface area contributed by atoms with Gasteiger partial charge in [-0.25, -0.2) is 9.78 Å². The molecule has 1 aromatic heterocycles. The molecule has 1 fully saturated rings. The van der Waals surface area contributed by atoms with Gasteiger partial charge in [0.05, 0.1) is 5.01 Å². The van der Waals surface area contributed by atoms with Gasteiger partial charge in [-0.15, -0.1) is 11.3 Å². The Balaban J connectivity index is 1.95. The number of hydrogen-bond acceptors (Lipinski definition) is 5. The molecule has 0 saturated carbocycles. The third kappa shape index (κ3) is 2.27. The first-order valence-corrected chi connectivity index (χ1v) is 6.50. The first-order valence-electron chi connectivity index (χ1n) is 4.46. The SMILES string of the molecule is Cc1nc(C(=O)O[C@@H]2CCSC2)cs1. The molecule has 1 aromatic rings. The van der Waals surface area contributed by atoms with Gasteiger partial charge in [-0.2, -0.15) is 11.8 Å². The summed E-state index contributed by atoms with van der Waals surface area (Å²) in [6.45, 7) is 1.88. The zero-order valence-electron chi connectivity index (χ0n) is 7.86. The van der Waals surface area contributed by atoms with E-state index >= 15 is 0 Å². The molecule has 1 aliphatic rings. The number of carbonyl (C=O) groups excluding carboxylic acids is 1. The van der Waals surface area contributed by atoms with Gasteiger partial charge < -0.3 is 4.74 Å². The van der Waals surface area contributed by atoms with Crippen LogP contribution in [0.25, 0.3) is 0 Å². The lowest BCUT2D eigenvalue weighted by Crippen LogP contribution is -2.17. The summed E-state index contributed by atoms with van der Waals surface area (Å²) in [5.41, 5.74) is 0.449. The molecule has 0 bridgehead atoms. The minimum Gasteiger partial charge on any atom is -0.457 e. The van der Waals surface area contributed by atoms with E-state index in [0.717, 1.165) is 22.9 Å². The summed E-state index contributed by atoms with van der Waals surface area (Å²) >= 11 is 3.30. The molecule has 0 N–H and O–H groups in total. The Morgan fingerprint density at radius 3 is 3.14 bits per heavy atom. The molecule has 1 aliphatic heterocycles. The Labute approximate surface area is 90.9 Å². The molecular weight excluding hydrogens is 218 g/mol. The Kier molecular flexibility index (Phi) is 3.08. The molecule has 1 saturated heterocycles. The Morgan fingerprint density at radius 2 is 2.57 bits per heavy atom. The van der Waals surface area contributed by atoms with Crippen molar-refractivity contribution in [3.8, 4) is 0 Å². The van der Waals surface area contributed by atoms with Crippen LogP contribution in [0.2, 0.25) is 0 Å². The second-order valence-electron chi connectivity index (χ2n) is 3.14. The Morgan fingerprint density at radius 1 is 1.71 bits per heavy atom. The van der Waals surface area contributed by atoms with Crippen LogP contribution in [0.4, 0.5) is 0 Å². The first kappa shape index (κ1) is 9.98. The number of esters is 1. The Hall–Kier alpha value is -0.550. The summed E-state index contributed by atoms with van der Waals surface area (Å²) in [6.07, 6.45) is 1.06. The average Bonchev–Trinajstić information content (AvgIpc) is 2.75. The molecule has 3 nitrogen and oxygen atoms in total. The van der Waals surface area contributed by atoms with Gasteiger partial charge in [0.15, 0.2) is 5.69 Å². The summed E-state index contributed by atoms with van der Waals surface area (Å²) in [5.74, 6) is 1.74. The highest BCUT2D eigenvalue weighted by Crippen LogP contribution is 2.21. The number of nitrogens with zero attached hydrogens (tertiary/aromatic N) is 1. The van der Waals surface area contributed by atoms with Gasteiger partial charge in [-0.3, -0.25) is 0 Å². The molecule has 14 heavy (non-hydrogen) atoms. The van der Waals surface area contributed by atoms with Crippen molar-refractivity contribution in [2.45, 2.75) is 19.4 Å². The van der Waals surface area contributed by atoms with Crippen molar-refractivity contribution in [3.63, 3.8) is 0 Å². The molecule has 0 spiro atoms. The van der Waals surface area contributed by atoms with Crippen LogP contribution in [0.1, 0.15) is 21.9 Å². The zero-order chi connectivity index (χ0) is 9.97. The number of carbonyl (C=O) groups is 1. The van der Waals surface area contributed by atoms with Crippen molar-refractivity contribution in [2.75, 3.05) is 11.5 Å². The van der Waals surface area contributed by atoms with Gasteiger partial charge in [-0.1, -0.05) is 0 Å². The lowest BCUT2D eigenvalue weighted by molar-refractivity contribution is 0.0350. The van der Waals surface area contributed by atoms with Crippen LogP contribution in [-0.4, -0.2) is 28.6 Å². The van der Waals surface area contributed by atoms with E-state index in [4.69, 9.17) is 4.74 Å². The third-order valence-electron chi connectivity index (χ3n) is 1.99. The van der Waals surface area contributed by atoms with Gasteiger partial charge in [0.1, 0.15) is 6.10 Å². The van der Waals surface area contributed by atoms with Gasteiger partial charge in [-0.05, 0) is 19.1 Å². The van der Waals surface area contributed by atoms with Gasteiger partial charge >= 0.3 is 5.97 Å². The van der Waals surface area contributed by atoms with Crippen molar-refractivity contribution < 1.29 is 9.53 Å². The summed E-state index contributed by atoms with van der Waals surface area (Å²) in [4.78, 5) is 15.6. The van der Waals surface area contributed by atoms with Crippen molar-refractivity contribution in [1.82, 2.24) is 4.98 Å². The smallest absolute Gasteiger partial charge is 0.358 e. The van der Waals surface area contributed by atoms with Gasteiger partial charge in [0, 0.05) is 11.1 Å². The van der Waals surface area contributed by atoms with Crippen LogP contribution in [0.5, 0.6) is 0 Å². The largest absolute Gasteiger partial charge is 0.457 e. The quantitative estimate of drug-likeness (QED) is 0.728. The second-order valence-corrected chi connectivity index (χ2v) is 5.35. The van der Waals surface area contributed by atoms with Crippen LogP contribution in [-0.2, 0) is 4.74 Å². The lowest BCUT2D eigenvalue weighted by Gasteiger charge is -2.08. The number of hydrogen-bond donors (Lipinski definition) is 0. The molecule has 0 amide bonds. The predicted octanol–water partition coefficient (Wildman–Crippen LogP) is 2.11. The van der Waals surface area contributed by atoms with E-state index in [9.17, 15) is 4.79 Å². The number of aryl methyl sites for hydroxylation is 1. The molecule has 0 aliphatic carbocycles. The fourth-order valence-corrected chi connectivity index (χ4v) is 2.95. The second kappa shape index (κ2) is 4.31. The highest BCUT2D eigenvalue weighted by molar-refractivity contribution is 7.99. The van der Waals surface area contributed by atoms with E-state index in [-0.39, 0.29) is 12.1 Å². The molecule has 0 unspecified atom stereocenters. The number of thioether (sulfide) groups is 1. The summed E-state index contributed by atoms with van der Waals surface area (Å²) in [6, 6.07) is 0. The normalized spacial score (nSPS) is 21.1. The van der Waals surface area contributed by atoms with Gasteiger partial charge in [0.25, 0.3) is 0 Å². The topological polar surface area (TPSA) is 39.2 Å². The maximum Gasteiger partial charge on any atom is 0.358 e. The lowest BCUT2D eigenvalue weighted by atomic mass is 10.3. The monoisotopic (exact) mass is 229 g/mol. The van der Waals surface area contributed by atoms with E-state index in [1.165, 1.54) is 11.3 Å². The van der Waals surface area contributed by atoms with Crippen LogP contribution < -0.4 is 0 Å². The minimum absolute atomic E-state index is 0.0921. The first-order chi connectivity index (χ1) is 6.75. The molecule has 76 valence electrons. The molecular formula is C9H11NO2S2. The van der Waals surface area contributed by atoms with Crippen LogP contribution in [0, 0.1) is 6.92 Å². The maximum atomic E-state index is 11.5. The van der Waals surface area contributed by atoms with Crippen molar-refractivity contribution >= 4 is 29.1 Å². The number of thiazole rings is 1. The standard InChI is InChI=1S/C9H11NO2S2/c1-6-10-8(5-14-6)9(11)12-7-2-3-13-4-7/h5,7H,2-4H2,1H3/t7-/m1/s1. The minimum atomic E-state index is -0.276. The molecule has 0 aromatic carbocycles. The molecule has 2 heterocycles. The predicted molar refractivity (Wildman–Crippen MR) is 58.0 cm³/mol. The van der Waals surface area contributed by atoms with E-state index in [1.807, 2.05) is 18.7 Å². The number of rotatable bonds is 2. The van der Waals surface area contributed by atoms with Crippen molar-refractivity contribution in [1.29, 1.82) is 0 Å².